The van der Waals surface area contributed by atoms with Gasteiger partial charge in [-0.1, -0.05) is 23.7 Å². The molecule has 1 aromatic heterocycles. The van der Waals surface area contributed by atoms with E-state index >= 15 is 0 Å². The zero-order valence-electron chi connectivity index (χ0n) is 13.5. The zero-order valence-corrected chi connectivity index (χ0v) is 15.9. The molecule has 3 N–H and O–H groups in total. The number of aromatic nitrogens is 1. The van der Waals surface area contributed by atoms with Crippen LogP contribution in [0.5, 0.6) is 0 Å². The SMILES string of the molecule is O=C(COCc1nc2ccccc2s1)NNC(=S)Nc1ccc(Cl)cc1. The number of fused-ring (bicyclic) bond motifs is 1. The van der Waals surface area contributed by atoms with E-state index in [0.29, 0.717) is 5.02 Å². The number of para-hydroxylation sites is 1. The van der Waals surface area contributed by atoms with Crippen LogP contribution in [-0.4, -0.2) is 22.6 Å². The average Bonchev–Trinajstić information content (AvgIpc) is 3.05. The van der Waals surface area contributed by atoms with Crippen LogP contribution in [0.4, 0.5) is 5.69 Å². The van der Waals surface area contributed by atoms with Gasteiger partial charge in [-0.3, -0.25) is 15.6 Å². The summed E-state index contributed by atoms with van der Waals surface area (Å²) in [7, 11) is 0. The van der Waals surface area contributed by atoms with E-state index in [0.717, 1.165) is 20.9 Å². The summed E-state index contributed by atoms with van der Waals surface area (Å²) in [6.45, 7) is 0.173. The Balaban J connectivity index is 1.37. The van der Waals surface area contributed by atoms with Crippen LogP contribution in [0.15, 0.2) is 48.5 Å². The second-order valence-corrected chi connectivity index (χ2v) is 7.16. The summed E-state index contributed by atoms with van der Waals surface area (Å²) in [6, 6.07) is 14.9. The Morgan fingerprint density at radius 1 is 1.15 bits per heavy atom. The van der Waals surface area contributed by atoms with E-state index in [1.807, 2.05) is 24.3 Å². The van der Waals surface area contributed by atoms with Crippen molar-refractivity contribution >= 4 is 62.1 Å². The number of hydrogen-bond acceptors (Lipinski definition) is 5. The van der Waals surface area contributed by atoms with Crippen LogP contribution >= 0.6 is 35.2 Å². The van der Waals surface area contributed by atoms with Crippen LogP contribution in [0.25, 0.3) is 10.2 Å². The summed E-state index contributed by atoms with van der Waals surface area (Å²) in [6.07, 6.45) is 0. The molecule has 26 heavy (non-hydrogen) atoms. The van der Waals surface area contributed by atoms with Crippen molar-refractivity contribution < 1.29 is 9.53 Å². The van der Waals surface area contributed by atoms with Gasteiger partial charge in [-0.15, -0.1) is 11.3 Å². The Morgan fingerprint density at radius 3 is 2.69 bits per heavy atom. The number of halogens is 1. The van der Waals surface area contributed by atoms with E-state index in [4.69, 9.17) is 28.6 Å². The summed E-state index contributed by atoms with van der Waals surface area (Å²) in [5.74, 6) is -0.341. The number of hydrazine groups is 1. The topological polar surface area (TPSA) is 75.3 Å². The molecular weight excluding hydrogens is 392 g/mol. The van der Waals surface area contributed by atoms with Crippen LogP contribution in [0.2, 0.25) is 5.02 Å². The van der Waals surface area contributed by atoms with Crippen LogP contribution < -0.4 is 16.2 Å². The third-order valence-corrected chi connectivity index (χ3v) is 4.68. The van der Waals surface area contributed by atoms with Crippen molar-refractivity contribution in [2.75, 3.05) is 11.9 Å². The highest BCUT2D eigenvalue weighted by molar-refractivity contribution is 7.80. The van der Waals surface area contributed by atoms with E-state index in [1.165, 1.54) is 0 Å². The molecule has 0 aliphatic carbocycles. The number of rotatable bonds is 5. The Kier molecular flexibility index (Phi) is 6.35. The van der Waals surface area contributed by atoms with E-state index < -0.39 is 0 Å². The standard InChI is InChI=1S/C17H15ClN4O2S2/c18-11-5-7-12(8-6-11)19-17(25)22-21-15(23)9-24-10-16-20-13-3-1-2-4-14(13)26-16/h1-8H,9-10H2,(H,21,23)(H2,19,22,25). The second kappa shape index (κ2) is 8.91. The first-order chi connectivity index (χ1) is 12.6. The number of ether oxygens (including phenoxy) is 1. The molecule has 0 radical (unpaired) electrons. The van der Waals surface area contributed by atoms with Gasteiger partial charge in [-0.2, -0.15) is 0 Å². The Morgan fingerprint density at radius 2 is 1.92 bits per heavy atom. The summed E-state index contributed by atoms with van der Waals surface area (Å²) < 4.78 is 6.49. The lowest BCUT2D eigenvalue weighted by Crippen LogP contribution is -2.45. The van der Waals surface area contributed by atoms with Crippen molar-refractivity contribution in [1.29, 1.82) is 0 Å². The quantitative estimate of drug-likeness (QED) is 0.445. The van der Waals surface area contributed by atoms with Crippen molar-refractivity contribution in [2.24, 2.45) is 0 Å². The van der Waals surface area contributed by atoms with E-state index in [1.54, 1.807) is 35.6 Å². The molecule has 0 saturated heterocycles. The zero-order chi connectivity index (χ0) is 18.4. The number of amides is 1. The maximum absolute atomic E-state index is 11.8. The Bertz CT molecular complexity index is 882. The molecule has 9 heteroatoms. The molecule has 134 valence electrons. The summed E-state index contributed by atoms with van der Waals surface area (Å²) in [5, 5.41) is 4.63. The van der Waals surface area contributed by atoms with Gasteiger partial charge in [0, 0.05) is 10.7 Å². The number of benzene rings is 2. The minimum absolute atomic E-state index is 0.105. The fourth-order valence-electron chi connectivity index (χ4n) is 2.07. The van der Waals surface area contributed by atoms with Crippen molar-refractivity contribution in [3.05, 3.63) is 58.6 Å². The molecule has 0 fully saturated rings. The summed E-state index contributed by atoms with van der Waals surface area (Å²) in [4.78, 5) is 16.2. The van der Waals surface area contributed by atoms with Crippen LogP contribution in [-0.2, 0) is 16.1 Å². The lowest BCUT2D eigenvalue weighted by Gasteiger charge is -2.11. The Hall–Kier alpha value is -2.26. The number of carbonyl (C=O) groups excluding carboxylic acids is 1. The highest BCUT2D eigenvalue weighted by Crippen LogP contribution is 2.21. The molecule has 1 heterocycles. The molecule has 1 amide bonds. The molecule has 3 rings (SSSR count). The molecule has 0 aliphatic rings. The number of hydrogen-bond donors (Lipinski definition) is 3. The van der Waals surface area contributed by atoms with Crippen molar-refractivity contribution in [3.8, 4) is 0 Å². The fraction of sp³-hybridized carbons (Fsp3) is 0.118. The summed E-state index contributed by atoms with van der Waals surface area (Å²) >= 11 is 12.5. The molecule has 0 unspecified atom stereocenters. The highest BCUT2D eigenvalue weighted by atomic mass is 35.5. The summed E-state index contributed by atoms with van der Waals surface area (Å²) in [5.41, 5.74) is 6.77. The molecular formula is C17H15ClN4O2S2. The van der Waals surface area contributed by atoms with E-state index in [2.05, 4.69) is 21.2 Å². The van der Waals surface area contributed by atoms with Gasteiger partial charge >= 0.3 is 0 Å². The van der Waals surface area contributed by atoms with Gasteiger partial charge in [0.15, 0.2) is 5.11 Å². The molecule has 0 atom stereocenters. The lowest BCUT2D eigenvalue weighted by molar-refractivity contribution is -0.126. The number of nitrogens with zero attached hydrogens (tertiary/aromatic N) is 1. The predicted octanol–water partition coefficient (Wildman–Crippen LogP) is 3.48. The van der Waals surface area contributed by atoms with Crippen molar-refractivity contribution in [3.63, 3.8) is 0 Å². The first-order valence-electron chi connectivity index (χ1n) is 7.64. The largest absolute Gasteiger partial charge is 0.364 e. The van der Waals surface area contributed by atoms with Gasteiger partial charge in [-0.25, -0.2) is 4.98 Å². The smallest absolute Gasteiger partial charge is 0.264 e. The first kappa shape index (κ1) is 18.5. The maximum atomic E-state index is 11.8. The molecule has 2 aromatic carbocycles. The predicted molar refractivity (Wildman–Crippen MR) is 108 cm³/mol. The third kappa shape index (κ3) is 5.37. The number of thiocarbonyl (C=S) groups is 1. The fourth-order valence-corrected chi connectivity index (χ4v) is 3.27. The second-order valence-electron chi connectivity index (χ2n) is 5.20. The lowest BCUT2D eigenvalue weighted by atomic mass is 10.3. The van der Waals surface area contributed by atoms with Gasteiger partial charge in [0.05, 0.1) is 16.8 Å². The Labute approximate surface area is 164 Å². The number of carbonyl (C=O) groups is 1. The van der Waals surface area contributed by atoms with Crippen LogP contribution in [0, 0.1) is 0 Å². The maximum Gasteiger partial charge on any atom is 0.264 e. The number of anilines is 1. The molecule has 3 aromatic rings. The molecule has 0 spiro atoms. The minimum atomic E-state index is -0.341. The van der Waals surface area contributed by atoms with Crippen LogP contribution in [0.3, 0.4) is 0 Å². The molecule has 0 aliphatic heterocycles. The van der Waals surface area contributed by atoms with Gasteiger partial charge in [0.2, 0.25) is 0 Å². The third-order valence-electron chi connectivity index (χ3n) is 3.21. The first-order valence-corrected chi connectivity index (χ1v) is 9.24. The van der Waals surface area contributed by atoms with Gasteiger partial charge in [0.25, 0.3) is 5.91 Å². The number of nitrogens with one attached hydrogen (secondary N) is 3. The van der Waals surface area contributed by atoms with Crippen molar-refractivity contribution in [2.45, 2.75) is 6.61 Å². The van der Waals surface area contributed by atoms with Gasteiger partial charge in [-0.05, 0) is 48.6 Å². The molecule has 0 bridgehead atoms. The normalized spacial score (nSPS) is 10.5. The van der Waals surface area contributed by atoms with Gasteiger partial charge in [0.1, 0.15) is 11.6 Å². The molecule has 0 saturated carbocycles. The molecule has 6 nitrogen and oxygen atoms in total. The van der Waals surface area contributed by atoms with Crippen LogP contribution in [0.1, 0.15) is 5.01 Å². The average molecular weight is 407 g/mol. The number of thiazole rings is 1. The van der Waals surface area contributed by atoms with E-state index in [-0.39, 0.29) is 24.2 Å². The van der Waals surface area contributed by atoms with Crippen molar-refractivity contribution in [1.82, 2.24) is 15.8 Å². The van der Waals surface area contributed by atoms with E-state index in [9.17, 15) is 4.79 Å². The van der Waals surface area contributed by atoms with Gasteiger partial charge < -0.3 is 10.1 Å². The monoisotopic (exact) mass is 406 g/mol. The highest BCUT2D eigenvalue weighted by Gasteiger charge is 2.06. The minimum Gasteiger partial charge on any atom is -0.364 e.